The predicted molar refractivity (Wildman–Crippen MR) is 244 cm³/mol. The van der Waals surface area contributed by atoms with Gasteiger partial charge < -0.3 is 26.2 Å². The predicted octanol–water partition coefficient (Wildman–Crippen LogP) is 10.4. The number of nitrogens with one attached hydrogen (secondary N) is 3. The molecule has 0 heterocycles. The zero-order valence-electron chi connectivity index (χ0n) is 36.5. The van der Waals surface area contributed by atoms with Gasteiger partial charge in [-0.1, -0.05) is 85.2 Å². The summed E-state index contributed by atoms with van der Waals surface area (Å²) in [5.41, 5.74) is 3.32. The van der Waals surface area contributed by atoms with Crippen LogP contribution in [0.4, 0.5) is 22.0 Å². The molecule has 0 saturated heterocycles. The van der Waals surface area contributed by atoms with Crippen LogP contribution >= 0.6 is 23.5 Å². The van der Waals surface area contributed by atoms with Gasteiger partial charge in [-0.25, -0.2) is 8.78 Å². The van der Waals surface area contributed by atoms with Gasteiger partial charge >= 0.3 is 6.18 Å². The third-order valence-corrected chi connectivity index (χ3v) is 9.78. The van der Waals surface area contributed by atoms with Crippen molar-refractivity contribution in [2.24, 2.45) is 5.92 Å². The average Bonchev–Trinajstić information content (AvgIpc) is 3.22. The Balaban J connectivity index is -0.000000248. The number of allylic oxidation sites excluding steroid dienone is 1. The summed E-state index contributed by atoms with van der Waals surface area (Å²) in [7, 11) is 1.62. The van der Waals surface area contributed by atoms with Gasteiger partial charge in [-0.3, -0.25) is 9.59 Å². The number of carbonyl (C=O) groups is 2. The van der Waals surface area contributed by atoms with E-state index in [1.165, 1.54) is 60.7 Å². The Kier molecular flexibility index (Phi) is 49.6. The number of halogens is 5. The first-order chi connectivity index (χ1) is 28.0. The molecule has 0 aliphatic carbocycles. The fraction of sp³-hybridized carbons (Fsp3) is 0.556. The Hall–Kier alpha value is -3.69. The minimum Gasteiger partial charge on any atom is -0.505 e. The lowest BCUT2D eigenvalue weighted by Gasteiger charge is -2.18. The van der Waals surface area contributed by atoms with Gasteiger partial charge in [0.1, 0.15) is 11.6 Å². The van der Waals surface area contributed by atoms with E-state index >= 15 is 0 Å². The average molecular weight is 878 g/mol. The summed E-state index contributed by atoms with van der Waals surface area (Å²) < 4.78 is 56.9. The van der Waals surface area contributed by atoms with Crippen molar-refractivity contribution >= 4 is 35.3 Å². The van der Waals surface area contributed by atoms with Gasteiger partial charge in [0.2, 0.25) is 11.8 Å². The fourth-order valence-electron chi connectivity index (χ4n) is 4.20. The number of aliphatic hydroxyl groups is 2. The summed E-state index contributed by atoms with van der Waals surface area (Å²) in [6.07, 6.45) is 19.2. The standard InChI is InChI=1S/C23H40N2OS.C7H6F2.C6H13NO2S.C3H3F3O.C2H6.2C2H2/c1-5-10-22(11-6-2)27-18-19(4)23(26)25-15-9-14-24-17-21-13-8-12-20(7-3)16-21;1-5-2-6(8)4-7(9)3-5;1-7-6(9)5-10-4-2-3-8;1-2(7)3(4,5)6;3*1-2/h8,12-13,16,19,22,24H,5-7,9-11,14-15,17-18H2,1-4H3,(H,25,26);2-4H,1H3;8H,2-5H2,1H3,(H,7,9);7H,1H2;1-2H3;2*1-2H. The SMILES string of the molecule is C#C.C#C.C=C(O)C(F)(F)F.CC.CCCC(CCC)SCC(C)C(=O)NCCCNCc1cccc(CC)c1.CNC(=O)CSCCCO.Cc1cc(F)cc(F)c1. The van der Waals surface area contributed by atoms with Crippen LogP contribution in [0.1, 0.15) is 96.8 Å². The second-order valence-corrected chi connectivity index (χ2v) is 14.6. The molecule has 1 atom stereocenters. The molecule has 2 amide bonds. The van der Waals surface area contributed by atoms with Gasteiger partial charge in [0.25, 0.3) is 0 Å². The van der Waals surface area contributed by atoms with Crippen molar-refractivity contribution < 1.29 is 41.8 Å². The van der Waals surface area contributed by atoms with Crippen molar-refractivity contribution in [2.75, 3.05) is 44.0 Å². The molecule has 0 radical (unpaired) electrons. The Morgan fingerprint density at radius 1 is 0.898 bits per heavy atom. The van der Waals surface area contributed by atoms with Crippen LogP contribution in [0.25, 0.3) is 0 Å². The van der Waals surface area contributed by atoms with Gasteiger partial charge in [-0.2, -0.15) is 36.7 Å². The highest BCUT2D eigenvalue weighted by atomic mass is 32.2. The second-order valence-electron chi connectivity index (χ2n) is 12.1. The largest absolute Gasteiger partial charge is 0.505 e. The van der Waals surface area contributed by atoms with Gasteiger partial charge in [0.15, 0.2) is 5.76 Å². The van der Waals surface area contributed by atoms with Crippen LogP contribution in [-0.2, 0) is 22.6 Å². The minimum absolute atomic E-state index is 0.0444. The van der Waals surface area contributed by atoms with E-state index in [1.54, 1.807) is 14.0 Å². The number of benzene rings is 2. The molecular formula is C45H72F5N3O4S2. The number of rotatable bonds is 20. The van der Waals surface area contributed by atoms with Crippen LogP contribution in [-0.4, -0.2) is 77.5 Å². The number of hydrogen-bond donors (Lipinski definition) is 5. The van der Waals surface area contributed by atoms with E-state index < -0.39 is 23.6 Å². The van der Waals surface area contributed by atoms with Gasteiger partial charge in [0.05, 0.1) is 5.75 Å². The normalized spacial score (nSPS) is 10.2. The number of aryl methyl sites for hydroxylation is 2. The molecule has 2 rings (SSSR count). The van der Waals surface area contributed by atoms with Crippen LogP contribution in [0.3, 0.4) is 0 Å². The monoisotopic (exact) mass is 877 g/mol. The Labute approximate surface area is 362 Å². The molecule has 5 N–H and O–H groups in total. The minimum atomic E-state index is -4.64. The van der Waals surface area contributed by atoms with E-state index in [4.69, 9.17) is 10.2 Å². The summed E-state index contributed by atoms with van der Waals surface area (Å²) in [6, 6.07) is 12.1. The summed E-state index contributed by atoms with van der Waals surface area (Å²) in [6.45, 7) is 19.4. The quantitative estimate of drug-likeness (QED) is 0.0390. The van der Waals surface area contributed by atoms with Crippen molar-refractivity contribution in [3.8, 4) is 25.7 Å². The molecule has 0 fully saturated rings. The summed E-state index contributed by atoms with van der Waals surface area (Å²) in [4.78, 5) is 22.8. The van der Waals surface area contributed by atoms with E-state index in [9.17, 15) is 31.5 Å². The first kappa shape index (κ1) is 64.5. The number of carbonyl (C=O) groups excluding carboxylic acids is 2. The molecule has 0 spiro atoms. The van der Waals surface area contributed by atoms with Crippen molar-refractivity contribution in [1.82, 2.24) is 16.0 Å². The molecule has 2 aromatic carbocycles. The molecule has 14 heteroatoms. The zero-order chi connectivity index (χ0) is 46.7. The maximum Gasteiger partial charge on any atom is 0.448 e. The zero-order valence-corrected chi connectivity index (χ0v) is 38.2. The van der Waals surface area contributed by atoms with E-state index in [1.807, 2.05) is 25.6 Å². The first-order valence-electron chi connectivity index (χ1n) is 19.7. The Morgan fingerprint density at radius 3 is 1.86 bits per heavy atom. The number of aliphatic hydroxyl groups excluding tert-OH is 2. The molecule has 59 heavy (non-hydrogen) atoms. The maximum absolute atomic E-state index is 12.3. The molecule has 0 bridgehead atoms. The highest BCUT2D eigenvalue weighted by Crippen LogP contribution is 2.24. The third-order valence-electron chi connectivity index (χ3n) is 7.10. The highest BCUT2D eigenvalue weighted by molar-refractivity contribution is 8.00. The Morgan fingerprint density at radius 2 is 1.42 bits per heavy atom. The van der Waals surface area contributed by atoms with Gasteiger partial charge in [-0.05, 0) is 80.1 Å². The molecular weight excluding hydrogens is 806 g/mol. The van der Waals surface area contributed by atoms with Crippen molar-refractivity contribution in [2.45, 2.75) is 111 Å². The van der Waals surface area contributed by atoms with Crippen molar-refractivity contribution in [1.29, 1.82) is 0 Å². The molecule has 0 saturated carbocycles. The van der Waals surface area contributed by atoms with Crippen molar-refractivity contribution in [3.05, 3.63) is 83.1 Å². The van der Waals surface area contributed by atoms with Crippen LogP contribution in [0, 0.1) is 50.2 Å². The molecule has 7 nitrogen and oxygen atoms in total. The maximum atomic E-state index is 12.3. The van der Waals surface area contributed by atoms with Gasteiger partial charge in [-0.15, -0.1) is 25.7 Å². The van der Waals surface area contributed by atoms with Crippen molar-refractivity contribution in [3.63, 3.8) is 0 Å². The smallest absolute Gasteiger partial charge is 0.448 e. The number of thioether (sulfide) groups is 2. The number of amides is 2. The van der Waals surface area contributed by atoms with Gasteiger partial charge in [0, 0.05) is 49.7 Å². The fourth-order valence-corrected chi connectivity index (χ4v) is 6.52. The molecule has 338 valence electrons. The molecule has 1 unspecified atom stereocenters. The molecule has 2 aromatic rings. The highest BCUT2D eigenvalue weighted by Gasteiger charge is 2.31. The topological polar surface area (TPSA) is 111 Å². The summed E-state index contributed by atoms with van der Waals surface area (Å²) in [5.74, 6) is -0.181. The van der Waals surface area contributed by atoms with Crippen LogP contribution in [0.15, 0.2) is 54.8 Å². The van der Waals surface area contributed by atoms with E-state index in [-0.39, 0.29) is 24.3 Å². The lowest BCUT2D eigenvalue weighted by Crippen LogP contribution is -2.32. The summed E-state index contributed by atoms with van der Waals surface area (Å²) in [5, 5.41) is 25.7. The molecule has 0 aromatic heterocycles. The lowest BCUT2D eigenvalue weighted by atomic mass is 10.1. The van der Waals surface area contributed by atoms with Crippen LogP contribution in [0.2, 0.25) is 0 Å². The lowest BCUT2D eigenvalue weighted by molar-refractivity contribution is -0.124. The molecule has 0 aliphatic heterocycles. The molecule has 0 aliphatic rings. The number of terminal acetylenes is 2. The van der Waals surface area contributed by atoms with E-state index in [0.717, 1.165) is 56.5 Å². The van der Waals surface area contributed by atoms with Crippen LogP contribution < -0.4 is 16.0 Å². The van der Waals surface area contributed by atoms with Crippen LogP contribution in [0.5, 0.6) is 0 Å². The number of hydrogen-bond acceptors (Lipinski definition) is 7. The van der Waals surface area contributed by atoms with E-state index in [2.05, 4.69) is 100 Å². The first-order valence-corrected chi connectivity index (χ1v) is 21.9. The Bertz CT molecular complexity index is 1300. The third kappa shape index (κ3) is 43.7. The summed E-state index contributed by atoms with van der Waals surface area (Å²) >= 11 is 3.52. The second kappa shape index (κ2) is 45.4. The number of alkyl halides is 3. The van der Waals surface area contributed by atoms with E-state index in [0.29, 0.717) is 16.6 Å².